The van der Waals surface area contributed by atoms with Gasteiger partial charge in [-0.15, -0.1) is 0 Å². The van der Waals surface area contributed by atoms with Gasteiger partial charge in [-0.05, 0) is 40.4 Å². The van der Waals surface area contributed by atoms with Crippen molar-refractivity contribution in [2.45, 2.75) is 54.0 Å². The number of nitrogens with zero attached hydrogens (tertiary/aromatic N) is 2. The highest BCUT2D eigenvalue weighted by Crippen LogP contribution is 1.97. The predicted molar refractivity (Wildman–Crippen MR) is 71.5 cm³/mol. The Morgan fingerprint density at radius 3 is 1.80 bits per heavy atom. The fourth-order valence-electron chi connectivity index (χ4n) is 1.57. The monoisotopic (exact) mass is 216 g/mol. The van der Waals surface area contributed by atoms with Crippen LogP contribution in [0.4, 0.5) is 0 Å². The van der Waals surface area contributed by atoms with Gasteiger partial charge in [-0.3, -0.25) is 4.90 Å². The molecule has 0 aliphatic carbocycles. The highest BCUT2D eigenvalue weighted by Gasteiger charge is 2.06. The first-order valence-electron chi connectivity index (χ1n) is 6.54. The first-order valence-corrected chi connectivity index (χ1v) is 6.54. The summed E-state index contributed by atoms with van der Waals surface area (Å²) in [6.45, 7) is 17.8. The minimum absolute atomic E-state index is 0.681. The molecule has 0 fully saturated rings. The predicted octanol–water partition coefficient (Wildman–Crippen LogP) is 3.08. The number of hydrogen-bond donors (Lipinski definition) is 0. The van der Waals surface area contributed by atoms with Crippen LogP contribution in [0.3, 0.4) is 0 Å². The Morgan fingerprint density at radius 1 is 0.933 bits per heavy atom. The molecule has 0 spiro atoms. The Balaban J connectivity index is 0. The largest absolute Gasteiger partial charge is 0.305 e. The van der Waals surface area contributed by atoms with Crippen molar-refractivity contribution in [3.63, 3.8) is 0 Å². The van der Waals surface area contributed by atoms with Gasteiger partial charge in [0.15, 0.2) is 0 Å². The second-order valence-electron chi connectivity index (χ2n) is 4.03. The van der Waals surface area contributed by atoms with Crippen LogP contribution in [-0.2, 0) is 0 Å². The van der Waals surface area contributed by atoms with E-state index >= 15 is 0 Å². The van der Waals surface area contributed by atoms with Crippen LogP contribution in [0.1, 0.15) is 48.0 Å². The van der Waals surface area contributed by atoms with Gasteiger partial charge in [-0.1, -0.05) is 27.7 Å². The van der Waals surface area contributed by atoms with Gasteiger partial charge in [-0.2, -0.15) is 0 Å². The average Bonchev–Trinajstić information content (AvgIpc) is 2.21. The zero-order chi connectivity index (χ0) is 12.3. The van der Waals surface area contributed by atoms with Crippen LogP contribution < -0.4 is 0 Å². The highest BCUT2D eigenvalue weighted by molar-refractivity contribution is 4.62. The van der Waals surface area contributed by atoms with Crippen LogP contribution >= 0.6 is 0 Å². The van der Waals surface area contributed by atoms with E-state index < -0.39 is 0 Å². The average molecular weight is 216 g/mol. The first kappa shape index (κ1) is 17.3. The molecule has 0 aromatic carbocycles. The number of rotatable bonds is 7. The topological polar surface area (TPSA) is 6.48 Å². The molecule has 15 heavy (non-hydrogen) atoms. The van der Waals surface area contributed by atoms with Crippen LogP contribution in [-0.4, -0.2) is 49.1 Å². The van der Waals surface area contributed by atoms with Crippen molar-refractivity contribution >= 4 is 0 Å². The lowest BCUT2D eigenvalue weighted by molar-refractivity contribution is 0.197. The lowest BCUT2D eigenvalue weighted by Crippen LogP contribution is -2.37. The molecule has 0 saturated heterocycles. The summed E-state index contributed by atoms with van der Waals surface area (Å²) >= 11 is 0. The van der Waals surface area contributed by atoms with E-state index in [4.69, 9.17) is 0 Å². The summed E-state index contributed by atoms with van der Waals surface area (Å²) in [6, 6.07) is 0.681. The van der Waals surface area contributed by atoms with Gasteiger partial charge in [0, 0.05) is 19.1 Å². The molecule has 0 aromatic heterocycles. The van der Waals surface area contributed by atoms with Gasteiger partial charge >= 0.3 is 0 Å². The fraction of sp³-hybridized carbons (Fsp3) is 1.00. The molecule has 0 bridgehead atoms. The molecule has 0 aromatic rings. The summed E-state index contributed by atoms with van der Waals surface area (Å²) in [4.78, 5) is 4.91. The molecule has 0 rings (SSSR count). The van der Waals surface area contributed by atoms with Crippen molar-refractivity contribution in [3.05, 3.63) is 0 Å². The van der Waals surface area contributed by atoms with E-state index in [0.717, 1.165) is 6.54 Å². The Hall–Kier alpha value is -0.0800. The smallest absolute Gasteiger partial charge is 0.0112 e. The molecule has 0 atom stereocenters. The molecule has 94 valence electrons. The molecule has 0 radical (unpaired) electrons. The van der Waals surface area contributed by atoms with Crippen LogP contribution in [0.2, 0.25) is 0 Å². The third-order valence-electron chi connectivity index (χ3n) is 2.51. The molecule has 0 aliphatic heterocycles. The summed E-state index contributed by atoms with van der Waals surface area (Å²) in [6.07, 6.45) is 1.25. The van der Waals surface area contributed by atoms with Gasteiger partial charge in [0.2, 0.25) is 0 Å². The molecular formula is C13H32N2. The molecule has 0 heterocycles. The van der Waals surface area contributed by atoms with Gasteiger partial charge in [0.05, 0.1) is 0 Å². The van der Waals surface area contributed by atoms with Crippen LogP contribution in [0.5, 0.6) is 0 Å². The second kappa shape index (κ2) is 12.0. The number of hydrogen-bond acceptors (Lipinski definition) is 2. The van der Waals surface area contributed by atoms with Crippen molar-refractivity contribution in [1.29, 1.82) is 0 Å². The quantitative estimate of drug-likeness (QED) is 0.645. The summed E-state index contributed by atoms with van der Waals surface area (Å²) in [5.74, 6) is 0. The third kappa shape index (κ3) is 10.2. The minimum atomic E-state index is 0.681. The van der Waals surface area contributed by atoms with E-state index in [9.17, 15) is 0 Å². The maximum atomic E-state index is 2.51. The Labute approximate surface area is 97.6 Å². The van der Waals surface area contributed by atoms with Crippen LogP contribution in [0.15, 0.2) is 0 Å². The fourth-order valence-corrected chi connectivity index (χ4v) is 1.57. The van der Waals surface area contributed by atoms with E-state index in [1.54, 1.807) is 0 Å². The minimum Gasteiger partial charge on any atom is -0.305 e. The van der Waals surface area contributed by atoms with Crippen LogP contribution in [0, 0.1) is 0 Å². The first-order chi connectivity index (χ1) is 7.11. The van der Waals surface area contributed by atoms with Gasteiger partial charge in [0.25, 0.3) is 0 Å². The van der Waals surface area contributed by atoms with Crippen molar-refractivity contribution in [2.24, 2.45) is 0 Å². The van der Waals surface area contributed by atoms with Crippen molar-refractivity contribution in [1.82, 2.24) is 9.80 Å². The van der Waals surface area contributed by atoms with E-state index in [1.165, 1.54) is 26.1 Å². The summed E-state index contributed by atoms with van der Waals surface area (Å²) in [7, 11) is 2.21. The lowest BCUT2D eigenvalue weighted by atomic mass is 10.3. The zero-order valence-electron chi connectivity index (χ0n) is 12.0. The Bertz CT molecular complexity index is 113. The molecule has 0 unspecified atom stereocenters. The molecular weight excluding hydrogens is 184 g/mol. The molecule has 0 aliphatic rings. The Kier molecular flexibility index (Phi) is 13.8. The van der Waals surface area contributed by atoms with E-state index in [-0.39, 0.29) is 0 Å². The van der Waals surface area contributed by atoms with E-state index in [2.05, 4.69) is 44.5 Å². The maximum Gasteiger partial charge on any atom is 0.0112 e. The zero-order valence-corrected chi connectivity index (χ0v) is 12.0. The van der Waals surface area contributed by atoms with Crippen molar-refractivity contribution in [2.75, 3.05) is 33.2 Å². The van der Waals surface area contributed by atoms with Crippen LogP contribution in [0.25, 0.3) is 0 Å². The maximum absolute atomic E-state index is 2.51. The van der Waals surface area contributed by atoms with E-state index in [0.29, 0.717) is 6.04 Å². The summed E-state index contributed by atoms with van der Waals surface area (Å²) in [5, 5.41) is 0. The second-order valence-corrected chi connectivity index (χ2v) is 4.03. The van der Waals surface area contributed by atoms with Gasteiger partial charge in [0.1, 0.15) is 0 Å². The normalized spacial score (nSPS) is 10.8. The molecule has 0 amide bonds. The van der Waals surface area contributed by atoms with Gasteiger partial charge < -0.3 is 4.90 Å². The van der Waals surface area contributed by atoms with Crippen molar-refractivity contribution in [3.8, 4) is 0 Å². The standard InChI is InChI=1S/C11H26N2.C2H6/c1-6-8-12(5)9-10-13(7-2)11(3)4;1-2/h11H,6-10H2,1-5H3;1-2H3. The molecule has 0 saturated carbocycles. The third-order valence-corrected chi connectivity index (χ3v) is 2.51. The summed E-state index contributed by atoms with van der Waals surface area (Å²) in [5.41, 5.74) is 0. The highest BCUT2D eigenvalue weighted by atomic mass is 15.2. The molecule has 0 N–H and O–H groups in total. The number of likely N-dealkylation sites (N-methyl/N-ethyl adjacent to an activating group) is 2. The SMILES string of the molecule is CC.CCCN(C)CCN(CC)C(C)C. The molecule has 2 nitrogen and oxygen atoms in total. The van der Waals surface area contributed by atoms with Crippen molar-refractivity contribution < 1.29 is 0 Å². The van der Waals surface area contributed by atoms with E-state index in [1.807, 2.05) is 13.8 Å². The lowest BCUT2D eigenvalue weighted by Gasteiger charge is -2.27. The van der Waals surface area contributed by atoms with Gasteiger partial charge in [-0.25, -0.2) is 0 Å². The summed E-state index contributed by atoms with van der Waals surface area (Å²) < 4.78 is 0. The molecule has 2 heteroatoms. The Morgan fingerprint density at radius 2 is 1.47 bits per heavy atom.